The molecule has 0 spiro atoms. The van der Waals surface area contributed by atoms with Gasteiger partial charge >= 0.3 is 0 Å². The van der Waals surface area contributed by atoms with Crippen LogP contribution in [0.4, 0.5) is 0 Å². The van der Waals surface area contributed by atoms with E-state index in [9.17, 15) is 0 Å². The third-order valence-electron chi connectivity index (χ3n) is 8.74. The Labute approximate surface area is 253 Å². The summed E-state index contributed by atoms with van der Waals surface area (Å²) in [5.74, 6) is 1.91. The van der Waals surface area contributed by atoms with E-state index in [1.165, 1.54) is 27.8 Å². The highest BCUT2D eigenvalue weighted by Gasteiger charge is 2.20. The molecule has 3 aromatic heterocycles. The van der Waals surface area contributed by atoms with Crippen molar-refractivity contribution < 1.29 is 4.42 Å². The normalized spacial score (nSPS) is 12.7. The molecule has 44 heavy (non-hydrogen) atoms. The van der Waals surface area contributed by atoms with Gasteiger partial charge in [-0.05, 0) is 116 Å². The molecule has 0 unspecified atom stereocenters. The van der Waals surface area contributed by atoms with Gasteiger partial charge in [0.05, 0.1) is 0 Å². The van der Waals surface area contributed by atoms with E-state index in [1.807, 2.05) is 4.68 Å². The highest BCUT2D eigenvalue weighted by atomic mass is 16.3. The summed E-state index contributed by atoms with van der Waals surface area (Å²) in [6.07, 6.45) is 1.85. The number of furan rings is 1. The summed E-state index contributed by atoms with van der Waals surface area (Å²) >= 11 is 0. The minimum Gasteiger partial charge on any atom is -0.456 e. The summed E-state index contributed by atoms with van der Waals surface area (Å²) in [5, 5.41) is 14.6. The SMILES string of the molecule is c1ccc(-c2cc(-c3ccccc3)cc(-c3ccc4oc5ccc(-c6ccc7n6CCCc6nnnn6-7)cc5c4c3)c2)cc1. The molecule has 6 heteroatoms. The smallest absolute Gasteiger partial charge is 0.158 e. The molecule has 0 atom stereocenters. The zero-order valence-electron chi connectivity index (χ0n) is 23.9. The third-order valence-corrected chi connectivity index (χ3v) is 8.74. The predicted molar refractivity (Wildman–Crippen MR) is 174 cm³/mol. The average molecular weight is 570 g/mol. The molecule has 0 saturated heterocycles. The van der Waals surface area contributed by atoms with Gasteiger partial charge in [0.25, 0.3) is 0 Å². The Bertz CT molecular complexity index is 2250. The Morgan fingerprint density at radius 1 is 0.545 bits per heavy atom. The first kappa shape index (κ1) is 24.8. The van der Waals surface area contributed by atoms with Crippen LogP contribution in [0.3, 0.4) is 0 Å². The van der Waals surface area contributed by atoms with Crippen LogP contribution in [0.15, 0.2) is 132 Å². The number of nitrogens with zero attached hydrogens (tertiary/aromatic N) is 5. The second kappa shape index (κ2) is 9.92. The van der Waals surface area contributed by atoms with E-state index in [4.69, 9.17) is 4.42 Å². The van der Waals surface area contributed by atoms with Crippen LogP contribution in [-0.2, 0) is 13.0 Å². The molecule has 4 heterocycles. The van der Waals surface area contributed by atoms with Crippen LogP contribution in [0.5, 0.6) is 0 Å². The lowest BCUT2D eigenvalue weighted by atomic mass is 9.93. The van der Waals surface area contributed by atoms with Crippen LogP contribution in [0, 0.1) is 0 Å². The largest absolute Gasteiger partial charge is 0.456 e. The van der Waals surface area contributed by atoms with Gasteiger partial charge in [-0.25, -0.2) is 0 Å². The van der Waals surface area contributed by atoms with E-state index in [-0.39, 0.29) is 0 Å². The number of fused-ring (bicyclic) bond motifs is 6. The molecule has 9 rings (SSSR count). The van der Waals surface area contributed by atoms with Gasteiger partial charge in [0.2, 0.25) is 0 Å². The Balaban J connectivity index is 1.18. The second-order valence-corrected chi connectivity index (χ2v) is 11.4. The van der Waals surface area contributed by atoms with Crippen molar-refractivity contribution in [2.45, 2.75) is 19.4 Å². The van der Waals surface area contributed by atoms with Crippen LogP contribution >= 0.6 is 0 Å². The van der Waals surface area contributed by atoms with Gasteiger partial charge in [0.1, 0.15) is 17.0 Å². The van der Waals surface area contributed by atoms with Crippen molar-refractivity contribution in [3.8, 4) is 50.5 Å². The Morgan fingerprint density at radius 3 is 1.84 bits per heavy atom. The maximum atomic E-state index is 6.33. The van der Waals surface area contributed by atoms with Gasteiger partial charge in [-0.1, -0.05) is 66.7 Å². The fraction of sp³-hybridized carbons (Fsp3) is 0.0789. The molecule has 1 aliphatic heterocycles. The first-order valence-corrected chi connectivity index (χ1v) is 15.0. The standard InChI is InChI=1S/C38H27N5O/c1-3-8-25(9-4-1)29-20-30(26-10-5-2-6-11-26)22-31(21-29)27-13-16-35-32(23-27)33-24-28(14-17-36(33)44-35)34-15-18-38-42(34)19-7-12-37-39-40-41-43(37)38/h1-6,8-11,13-18,20-24H,7,12,19H2. The molecule has 0 N–H and O–H groups in total. The van der Waals surface area contributed by atoms with Crippen molar-refractivity contribution in [3.63, 3.8) is 0 Å². The van der Waals surface area contributed by atoms with Crippen molar-refractivity contribution in [2.24, 2.45) is 0 Å². The van der Waals surface area contributed by atoms with Crippen LogP contribution in [0.2, 0.25) is 0 Å². The van der Waals surface area contributed by atoms with E-state index in [1.54, 1.807) is 0 Å². The quantitative estimate of drug-likeness (QED) is 0.212. The molecule has 0 radical (unpaired) electrons. The predicted octanol–water partition coefficient (Wildman–Crippen LogP) is 8.98. The summed E-state index contributed by atoms with van der Waals surface area (Å²) in [5.41, 5.74) is 11.2. The van der Waals surface area contributed by atoms with E-state index < -0.39 is 0 Å². The molecule has 210 valence electrons. The molecule has 0 bridgehead atoms. The molecule has 0 saturated carbocycles. The topological polar surface area (TPSA) is 61.7 Å². The number of benzene rings is 5. The Morgan fingerprint density at radius 2 is 1.16 bits per heavy atom. The lowest BCUT2D eigenvalue weighted by Crippen LogP contribution is -2.06. The summed E-state index contributed by atoms with van der Waals surface area (Å²) in [7, 11) is 0. The van der Waals surface area contributed by atoms with Crippen molar-refractivity contribution in [3.05, 3.63) is 133 Å². The first-order valence-electron chi connectivity index (χ1n) is 15.0. The van der Waals surface area contributed by atoms with E-state index >= 15 is 0 Å². The molecular weight excluding hydrogens is 542 g/mol. The molecule has 6 nitrogen and oxygen atoms in total. The van der Waals surface area contributed by atoms with Gasteiger partial charge in [-0.15, -0.1) is 5.10 Å². The minimum atomic E-state index is 0.861. The van der Waals surface area contributed by atoms with Crippen molar-refractivity contribution in [2.75, 3.05) is 0 Å². The summed E-state index contributed by atoms with van der Waals surface area (Å²) in [6.45, 7) is 0.901. The summed E-state index contributed by atoms with van der Waals surface area (Å²) in [4.78, 5) is 0. The summed E-state index contributed by atoms with van der Waals surface area (Å²) < 4.78 is 10.5. The van der Waals surface area contributed by atoms with Gasteiger partial charge in [-0.3, -0.25) is 0 Å². The Hall–Kier alpha value is -5.75. The number of hydrogen-bond donors (Lipinski definition) is 0. The van der Waals surface area contributed by atoms with Crippen molar-refractivity contribution >= 4 is 21.9 Å². The number of hydrogen-bond acceptors (Lipinski definition) is 4. The van der Waals surface area contributed by atoms with E-state index in [0.717, 1.165) is 69.8 Å². The summed E-state index contributed by atoms with van der Waals surface area (Å²) in [6, 6.07) is 45.4. The van der Waals surface area contributed by atoms with E-state index in [0.29, 0.717) is 0 Å². The molecule has 5 aromatic carbocycles. The average Bonchev–Trinajstić information content (AvgIpc) is 3.79. The zero-order chi connectivity index (χ0) is 29.0. The fourth-order valence-electron chi connectivity index (χ4n) is 6.57. The van der Waals surface area contributed by atoms with Crippen LogP contribution in [0.25, 0.3) is 72.4 Å². The number of aryl methyl sites for hydroxylation is 1. The highest BCUT2D eigenvalue weighted by Crippen LogP contribution is 2.38. The fourth-order valence-corrected chi connectivity index (χ4v) is 6.57. The number of aromatic nitrogens is 5. The molecular formula is C38H27N5O. The van der Waals surface area contributed by atoms with Gasteiger partial charge in [-0.2, -0.15) is 4.68 Å². The monoisotopic (exact) mass is 569 g/mol. The first-order chi connectivity index (χ1) is 21.8. The zero-order valence-corrected chi connectivity index (χ0v) is 23.9. The van der Waals surface area contributed by atoms with Gasteiger partial charge < -0.3 is 8.98 Å². The number of tetrazole rings is 1. The van der Waals surface area contributed by atoms with Crippen molar-refractivity contribution in [1.82, 2.24) is 24.8 Å². The van der Waals surface area contributed by atoms with Crippen LogP contribution < -0.4 is 0 Å². The van der Waals surface area contributed by atoms with E-state index in [2.05, 4.69) is 147 Å². The lowest BCUT2D eigenvalue weighted by molar-refractivity contribution is 0.652. The van der Waals surface area contributed by atoms with Gasteiger partial charge in [0, 0.05) is 29.4 Å². The molecule has 0 fully saturated rings. The maximum absolute atomic E-state index is 6.33. The highest BCUT2D eigenvalue weighted by molar-refractivity contribution is 6.07. The molecule has 0 amide bonds. The third kappa shape index (κ3) is 4.07. The maximum Gasteiger partial charge on any atom is 0.158 e. The van der Waals surface area contributed by atoms with Crippen molar-refractivity contribution in [1.29, 1.82) is 0 Å². The molecule has 8 aromatic rings. The molecule has 0 aliphatic carbocycles. The van der Waals surface area contributed by atoms with Gasteiger partial charge in [0.15, 0.2) is 5.82 Å². The molecule has 1 aliphatic rings. The minimum absolute atomic E-state index is 0.861. The Kier molecular flexibility index (Phi) is 5.59. The second-order valence-electron chi connectivity index (χ2n) is 11.4. The van der Waals surface area contributed by atoms with Crippen LogP contribution in [0.1, 0.15) is 12.2 Å². The number of rotatable bonds is 4. The van der Waals surface area contributed by atoms with Crippen LogP contribution in [-0.4, -0.2) is 24.8 Å². The lowest BCUT2D eigenvalue weighted by Gasteiger charge is -2.12.